The van der Waals surface area contributed by atoms with Crippen molar-refractivity contribution in [2.24, 2.45) is 0 Å². The minimum atomic E-state index is -1.75. The number of aliphatic hydroxyl groups is 1. The minimum absolute atomic E-state index is 0.0228. The third kappa shape index (κ3) is 3.02. The minimum Gasteiger partial charge on any atom is -0.479 e. The molecule has 2 atom stereocenters. The van der Waals surface area contributed by atoms with E-state index in [2.05, 4.69) is 0 Å². The molecule has 0 spiro atoms. The monoisotopic (exact) mass is 290 g/mol. The van der Waals surface area contributed by atoms with Crippen LogP contribution in [0.15, 0.2) is 18.2 Å². The fraction of sp³-hybridized carbons (Fsp3) is 0.333. The van der Waals surface area contributed by atoms with E-state index in [0.717, 1.165) is 0 Å². The van der Waals surface area contributed by atoms with Gasteiger partial charge in [-0.3, -0.25) is 4.79 Å². The van der Waals surface area contributed by atoms with E-state index >= 15 is 0 Å². The second kappa shape index (κ2) is 6.18. The smallest absolute Gasteiger partial charge is 0.337 e. The number of carbonyl (C=O) groups excluding carboxylic acids is 1. The van der Waals surface area contributed by atoms with Gasteiger partial charge in [-0.15, -0.1) is 23.2 Å². The third-order valence-corrected chi connectivity index (χ3v) is 3.34. The van der Waals surface area contributed by atoms with Gasteiger partial charge in [0.25, 0.3) is 0 Å². The molecule has 1 aromatic rings. The van der Waals surface area contributed by atoms with Gasteiger partial charge in [0.15, 0.2) is 11.9 Å². The van der Waals surface area contributed by atoms with Crippen molar-refractivity contribution in [2.75, 3.05) is 0 Å². The lowest BCUT2D eigenvalue weighted by molar-refractivity contribution is -0.147. The molecule has 0 amide bonds. The van der Waals surface area contributed by atoms with E-state index in [-0.39, 0.29) is 22.8 Å². The van der Waals surface area contributed by atoms with Gasteiger partial charge in [-0.25, -0.2) is 4.79 Å². The number of hydrogen-bond acceptors (Lipinski definition) is 3. The fourth-order valence-corrected chi connectivity index (χ4v) is 2.07. The Kier molecular flexibility index (Phi) is 5.14. The van der Waals surface area contributed by atoms with E-state index in [1.165, 1.54) is 13.0 Å². The van der Waals surface area contributed by atoms with E-state index in [1.54, 1.807) is 12.1 Å². The largest absolute Gasteiger partial charge is 0.479 e. The molecule has 0 aromatic heterocycles. The highest BCUT2D eigenvalue weighted by Gasteiger charge is 2.27. The Bertz CT molecular complexity index is 473. The first kappa shape index (κ1) is 15.0. The summed E-state index contributed by atoms with van der Waals surface area (Å²) in [6.07, 6.45) is -1.75. The first-order valence-electron chi connectivity index (χ1n) is 5.13. The molecule has 2 unspecified atom stereocenters. The molecule has 6 heteroatoms. The van der Waals surface area contributed by atoms with Crippen LogP contribution in [-0.2, 0) is 15.5 Å². The van der Waals surface area contributed by atoms with Gasteiger partial charge in [0.05, 0.1) is 0 Å². The van der Waals surface area contributed by atoms with Crippen LogP contribution >= 0.6 is 23.2 Å². The Hall–Kier alpha value is -1.10. The number of carboxylic acids is 1. The van der Waals surface area contributed by atoms with Crippen LogP contribution in [0.1, 0.15) is 35.1 Å². The van der Waals surface area contributed by atoms with Gasteiger partial charge in [-0.1, -0.05) is 18.2 Å². The molecule has 0 saturated heterocycles. The average Bonchev–Trinajstić information content (AvgIpc) is 2.35. The van der Waals surface area contributed by atoms with E-state index < -0.39 is 17.5 Å². The molecule has 0 aliphatic heterocycles. The third-order valence-electron chi connectivity index (χ3n) is 2.51. The van der Waals surface area contributed by atoms with Crippen LogP contribution in [0.4, 0.5) is 0 Å². The maximum absolute atomic E-state index is 11.3. The number of Topliss-reactive ketones (excluding diaryl/α,β-unsaturated/α-hetero) is 1. The summed E-state index contributed by atoms with van der Waals surface area (Å²) in [6, 6.07) is 4.71. The SMILES string of the molecule is CC(=O)C(Cl)c1cccc(CCl)c1C(O)C(=O)O. The second-order valence-electron chi connectivity index (χ2n) is 3.77. The number of alkyl halides is 2. The van der Waals surface area contributed by atoms with Gasteiger partial charge < -0.3 is 10.2 Å². The van der Waals surface area contributed by atoms with E-state index in [9.17, 15) is 14.7 Å². The summed E-state index contributed by atoms with van der Waals surface area (Å²) in [7, 11) is 0. The highest BCUT2D eigenvalue weighted by atomic mass is 35.5. The maximum Gasteiger partial charge on any atom is 0.337 e. The molecule has 0 heterocycles. The molecular weight excluding hydrogens is 279 g/mol. The van der Waals surface area contributed by atoms with Crippen LogP contribution in [0, 0.1) is 0 Å². The quantitative estimate of drug-likeness (QED) is 0.817. The molecule has 0 saturated carbocycles. The molecule has 2 N–H and O–H groups in total. The summed E-state index contributed by atoms with van der Waals surface area (Å²) >= 11 is 11.6. The molecule has 1 aromatic carbocycles. The van der Waals surface area contributed by atoms with Crippen molar-refractivity contribution in [2.45, 2.75) is 24.3 Å². The van der Waals surface area contributed by atoms with Gasteiger partial charge in [0, 0.05) is 11.4 Å². The zero-order chi connectivity index (χ0) is 13.9. The highest BCUT2D eigenvalue weighted by molar-refractivity contribution is 6.31. The van der Waals surface area contributed by atoms with E-state index in [1.807, 2.05) is 0 Å². The Balaban J connectivity index is 3.42. The average molecular weight is 291 g/mol. The number of carboxylic acid groups (broad SMARTS) is 1. The van der Waals surface area contributed by atoms with Crippen molar-refractivity contribution in [3.8, 4) is 0 Å². The molecule has 0 radical (unpaired) electrons. The Morgan fingerprint density at radius 1 is 1.39 bits per heavy atom. The summed E-state index contributed by atoms with van der Waals surface area (Å²) in [5.74, 6) is -1.72. The van der Waals surface area contributed by atoms with Crippen LogP contribution in [0.2, 0.25) is 0 Å². The summed E-state index contributed by atoms with van der Waals surface area (Å²) in [5, 5.41) is 17.6. The first-order valence-corrected chi connectivity index (χ1v) is 6.10. The Morgan fingerprint density at radius 2 is 2.00 bits per heavy atom. The summed E-state index contributed by atoms with van der Waals surface area (Å²) in [4.78, 5) is 22.2. The number of aliphatic carboxylic acids is 1. The number of aliphatic hydroxyl groups excluding tert-OH is 1. The second-order valence-corrected chi connectivity index (χ2v) is 4.47. The zero-order valence-corrected chi connectivity index (χ0v) is 11.1. The summed E-state index contributed by atoms with van der Waals surface area (Å²) in [5.41, 5.74) is 0.809. The number of carbonyl (C=O) groups is 2. The molecular formula is C12H12Cl2O4. The maximum atomic E-state index is 11.3. The first-order chi connectivity index (χ1) is 8.40. The normalized spacial score (nSPS) is 14.0. The highest BCUT2D eigenvalue weighted by Crippen LogP contribution is 2.32. The molecule has 0 bridgehead atoms. The molecule has 98 valence electrons. The van der Waals surface area contributed by atoms with Gasteiger partial charge in [0.1, 0.15) is 5.38 Å². The van der Waals surface area contributed by atoms with Gasteiger partial charge in [0.2, 0.25) is 0 Å². The molecule has 0 aliphatic carbocycles. The van der Waals surface area contributed by atoms with Gasteiger partial charge >= 0.3 is 5.97 Å². The Morgan fingerprint density at radius 3 is 2.44 bits per heavy atom. The lowest BCUT2D eigenvalue weighted by Crippen LogP contribution is -2.17. The van der Waals surface area contributed by atoms with Crippen LogP contribution in [0.25, 0.3) is 0 Å². The molecule has 18 heavy (non-hydrogen) atoms. The number of halogens is 2. The van der Waals surface area contributed by atoms with Crippen molar-refractivity contribution < 1.29 is 19.8 Å². The molecule has 1 rings (SSSR count). The predicted molar refractivity (Wildman–Crippen MR) is 67.9 cm³/mol. The van der Waals surface area contributed by atoms with E-state index in [0.29, 0.717) is 5.56 Å². The number of ketones is 1. The van der Waals surface area contributed by atoms with Crippen LogP contribution in [0.5, 0.6) is 0 Å². The molecule has 0 fully saturated rings. The summed E-state index contributed by atoms with van der Waals surface area (Å²) in [6.45, 7) is 1.29. The molecule has 0 aliphatic rings. The van der Waals surface area contributed by atoms with Crippen molar-refractivity contribution in [3.63, 3.8) is 0 Å². The van der Waals surface area contributed by atoms with Crippen LogP contribution < -0.4 is 0 Å². The molecule has 4 nitrogen and oxygen atoms in total. The topological polar surface area (TPSA) is 74.6 Å². The standard InChI is InChI=1S/C12H12Cl2O4/c1-6(15)10(14)8-4-2-3-7(5-13)9(8)11(16)12(17)18/h2-4,10-11,16H,5H2,1H3,(H,17,18). The number of hydrogen-bond donors (Lipinski definition) is 2. The van der Waals surface area contributed by atoms with Gasteiger partial charge in [-0.2, -0.15) is 0 Å². The van der Waals surface area contributed by atoms with E-state index in [4.69, 9.17) is 28.3 Å². The number of benzene rings is 1. The van der Waals surface area contributed by atoms with Crippen LogP contribution in [-0.4, -0.2) is 22.0 Å². The van der Waals surface area contributed by atoms with Crippen molar-refractivity contribution in [1.29, 1.82) is 0 Å². The fourth-order valence-electron chi connectivity index (χ4n) is 1.65. The summed E-state index contributed by atoms with van der Waals surface area (Å²) < 4.78 is 0. The lowest BCUT2D eigenvalue weighted by Gasteiger charge is -2.18. The van der Waals surface area contributed by atoms with Crippen molar-refractivity contribution in [1.82, 2.24) is 0 Å². The predicted octanol–water partition coefficient (Wildman–Crippen LogP) is 2.41. The van der Waals surface area contributed by atoms with Crippen molar-refractivity contribution in [3.05, 3.63) is 34.9 Å². The Labute approximate surface area is 114 Å². The van der Waals surface area contributed by atoms with Gasteiger partial charge in [-0.05, 0) is 18.1 Å². The number of rotatable bonds is 5. The van der Waals surface area contributed by atoms with Crippen LogP contribution in [0.3, 0.4) is 0 Å². The lowest BCUT2D eigenvalue weighted by atomic mass is 9.94. The zero-order valence-electron chi connectivity index (χ0n) is 9.56. The van der Waals surface area contributed by atoms with Crippen molar-refractivity contribution >= 4 is 35.0 Å².